The number of pyridine rings is 1. The van der Waals surface area contributed by atoms with Crippen molar-refractivity contribution in [3.63, 3.8) is 0 Å². The van der Waals surface area contributed by atoms with Gasteiger partial charge in [0.1, 0.15) is 22.8 Å². The monoisotopic (exact) mass is 421 g/mol. The first-order chi connectivity index (χ1) is 14.7. The second kappa shape index (κ2) is 8.08. The lowest BCUT2D eigenvalue weighted by atomic mass is 9.93. The number of aliphatic hydroxyl groups excluding tert-OH is 1. The standard InChI is InChI=1S/C23H23N3O3S/c1-28-20-8-4-5-15-19(11-12-24-22(15)20)29-14-9-10-17-21(13-14)30-23(26-17)25-16-6-2-3-7-18(16)27/h4-5,8-13,16,18,27H,2-3,6-7H2,1H3,(H,25,26)/t16-,18-/m1/s1. The van der Waals surface area contributed by atoms with Crippen LogP contribution in [-0.4, -0.2) is 34.3 Å². The Morgan fingerprint density at radius 1 is 1.10 bits per heavy atom. The Labute approximate surface area is 178 Å². The summed E-state index contributed by atoms with van der Waals surface area (Å²) in [7, 11) is 1.64. The number of aliphatic hydroxyl groups is 1. The molecule has 2 heterocycles. The van der Waals surface area contributed by atoms with Crippen LogP contribution in [0.15, 0.2) is 48.7 Å². The highest BCUT2D eigenvalue weighted by Crippen LogP contribution is 2.36. The molecule has 7 heteroatoms. The minimum atomic E-state index is -0.304. The highest BCUT2D eigenvalue weighted by molar-refractivity contribution is 7.22. The topological polar surface area (TPSA) is 76.5 Å². The molecule has 2 N–H and O–H groups in total. The third kappa shape index (κ3) is 3.66. The molecule has 0 radical (unpaired) electrons. The van der Waals surface area contributed by atoms with E-state index in [2.05, 4.69) is 15.3 Å². The predicted octanol–water partition coefficient (Wildman–Crippen LogP) is 5.36. The van der Waals surface area contributed by atoms with E-state index in [-0.39, 0.29) is 12.1 Å². The Bertz CT molecular complexity index is 1190. The second-order valence-electron chi connectivity index (χ2n) is 7.52. The van der Waals surface area contributed by atoms with Gasteiger partial charge in [0.25, 0.3) is 0 Å². The van der Waals surface area contributed by atoms with Crippen LogP contribution in [0.1, 0.15) is 25.7 Å². The molecular weight excluding hydrogens is 398 g/mol. The number of hydrogen-bond acceptors (Lipinski definition) is 7. The average Bonchev–Trinajstić information content (AvgIpc) is 3.17. The minimum absolute atomic E-state index is 0.0770. The van der Waals surface area contributed by atoms with Crippen molar-refractivity contribution in [3.8, 4) is 17.2 Å². The first-order valence-corrected chi connectivity index (χ1v) is 11.0. The Morgan fingerprint density at radius 3 is 2.87 bits per heavy atom. The van der Waals surface area contributed by atoms with Gasteiger partial charge in [-0.3, -0.25) is 4.98 Å². The van der Waals surface area contributed by atoms with Crippen LogP contribution in [0.25, 0.3) is 21.1 Å². The molecule has 0 saturated heterocycles. The van der Waals surface area contributed by atoms with E-state index in [4.69, 9.17) is 9.47 Å². The summed E-state index contributed by atoms with van der Waals surface area (Å²) in [5, 5.41) is 15.4. The van der Waals surface area contributed by atoms with Gasteiger partial charge in [0.2, 0.25) is 0 Å². The van der Waals surface area contributed by atoms with E-state index >= 15 is 0 Å². The normalized spacial score (nSPS) is 19.1. The fourth-order valence-corrected chi connectivity index (χ4v) is 4.93. The molecule has 154 valence electrons. The number of methoxy groups -OCH3 is 1. The molecular formula is C23H23N3O3S. The van der Waals surface area contributed by atoms with Crippen LogP contribution in [0.3, 0.4) is 0 Å². The smallest absolute Gasteiger partial charge is 0.184 e. The Hall–Kier alpha value is -2.90. The summed E-state index contributed by atoms with van der Waals surface area (Å²) in [5.74, 6) is 2.19. The molecule has 1 fully saturated rings. The Morgan fingerprint density at radius 2 is 2.00 bits per heavy atom. The molecule has 2 atom stereocenters. The first-order valence-electron chi connectivity index (χ1n) is 10.2. The van der Waals surface area contributed by atoms with Gasteiger partial charge in [-0.25, -0.2) is 4.98 Å². The van der Waals surface area contributed by atoms with Crippen LogP contribution >= 0.6 is 11.3 Å². The molecule has 1 aliphatic rings. The van der Waals surface area contributed by atoms with Gasteiger partial charge in [-0.05, 0) is 43.2 Å². The van der Waals surface area contributed by atoms with E-state index in [1.165, 1.54) is 0 Å². The molecule has 0 amide bonds. The fraction of sp³-hybridized carbons (Fsp3) is 0.304. The van der Waals surface area contributed by atoms with Crippen LogP contribution in [0.5, 0.6) is 17.2 Å². The van der Waals surface area contributed by atoms with Crippen molar-refractivity contribution in [1.29, 1.82) is 0 Å². The predicted molar refractivity (Wildman–Crippen MR) is 120 cm³/mol. The zero-order valence-corrected chi connectivity index (χ0v) is 17.5. The number of anilines is 1. The molecule has 4 aromatic rings. The van der Waals surface area contributed by atoms with Gasteiger partial charge in [0, 0.05) is 17.6 Å². The van der Waals surface area contributed by atoms with Crippen molar-refractivity contribution in [2.45, 2.75) is 37.8 Å². The van der Waals surface area contributed by atoms with Crippen molar-refractivity contribution in [2.75, 3.05) is 12.4 Å². The summed E-state index contributed by atoms with van der Waals surface area (Å²) < 4.78 is 12.7. The minimum Gasteiger partial charge on any atom is -0.494 e. The van der Waals surface area contributed by atoms with Crippen molar-refractivity contribution in [3.05, 3.63) is 48.7 Å². The summed E-state index contributed by atoms with van der Waals surface area (Å²) in [4.78, 5) is 9.10. The number of nitrogens with zero attached hydrogens (tertiary/aromatic N) is 2. The number of thiazole rings is 1. The lowest BCUT2D eigenvalue weighted by Gasteiger charge is -2.27. The van der Waals surface area contributed by atoms with E-state index in [1.807, 2.05) is 42.5 Å². The summed E-state index contributed by atoms with van der Waals surface area (Å²) in [6, 6.07) is 13.6. The number of benzene rings is 2. The summed E-state index contributed by atoms with van der Waals surface area (Å²) in [6.45, 7) is 0. The average molecular weight is 422 g/mol. The highest BCUT2D eigenvalue weighted by atomic mass is 32.1. The first kappa shape index (κ1) is 19.1. The van der Waals surface area contributed by atoms with Gasteiger partial charge >= 0.3 is 0 Å². The number of fused-ring (bicyclic) bond motifs is 2. The van der Waals surface area contributed by atoms with Crippen LogP contribution in [0.4, 0.5) is 5.13 Å². The van der Waals surface area contributed by atoms with Gasteiger partial charge in [-0.15, -0.1) is 0 Å². The maximum Gasteiger partial charge on any atom is 0.184 e. The second-order valence-corrected chi connectivity index (χ2v) is 8.55. The molecule has 0 spiro atoms. The molecule has 5 rings (SSSR count). The molecule has 2 aromatic heterocycles. The zero-order chi connectivity index (χ0) is 20.5. The van der Waals surface area contributed by atoms with E-state index in [1.54, 1.807) is 24.6 Å². The molecule has 0 unspecified atom stereocenters. The van der Waals surface area contributed by atoms with Crippen LogP contribution in [0, 0.1) is 0 Å². The quantitative estimate of drug-likeness (QED) is 0.452. The van der Waals surface area contributed by atoms with E-state index < -0.39 is 0 Å². The molecule has 6 nitrogen and oxygen atoms in total. The van der Waals surface area contributed by atoms with Crippen LogP contribution in [-0.2, 0) is 0 Å². The lowest BCUT2D eigenvalue weighted by molar-refractivity contribution is 0.116. The van der Waals surface area contributed by atoms with Crippen molar-refractivity contribution < 1.29 is 14.6 Å². The van der Waals surface area contributed by atoms with E-state index in [0.717, 1.165) is 69.2 Å². The number of nitrogens with one attached hydrogen (secondary N) is 1. The number of hydrogen-bond donors (Lipinski definition) is 2. The summed E-state index contributed by atoms with van der Waals surface area (Å²) in [6.07, 6.45) is 5.48. The van der Waals surface area contributed by atoms with Crippen molar-refractivity contribution >= 4 is 37.6 Å². The van der Waals surface area contributed by atoms with E-state index in [0.29, 0.717) is 0 Å². The number of aromatic nitrogens is 2. The molecule has 1 aliphatic carbocycles. The van der Waals surface area contributed by atoms with E-state index in [9.17, 15) is 5.11 Å². The Balaban J connectivity index is 1.41. The van der Waals surface area contributed by atoms with Crippen LogP contribution in [0.2, 0.25) is 0 Å². The zero-order valence-electron chi connectivity index (χ0n) is 16.7. The molecule has 0 bridgehead atoms. The number of ether oxygens (including phenoxy) is 2. The Kier molecular flexibility index (Phi) is 5.14. The molecule has 30 heavy (non-hydrogen) atoms. The molecule has 1 saturated carbocycles. The summed E-state index contributed by atoms with van der Waals surface area (Å²) >= 11 is 1.58. The van der Waals surface area contributed by atoms with Crippen molar-refractivity contribution in [1.82, 2.24) is 9.97 Å². The van der Waals surface area contributed by atoms with Gasteiger partial charge in [-0.1, -0.05) is 30.2 Å². The largest absolute Gasteiger partial charge is 0.494 e. The lowest BCUT2D eigenvalue weighted by Crippen LogP contribution is -2.36. The number of rotatable bonds is 5. The van der Waals surface area contributed by atoms with Gasteiger partial charge in [-0.2, -0.15) is 0 Å². The van der Waals surface area contributed by atoms with Crippen LogP contribution < -0.4 is 14.8 Å². The SMILES string of the molecule is COc1cccc2c(Oc3ccc4nc(N[C@@H]5CCCC[C@H]5O)sc4c3)ccnc12. The van der Waals surface area contributed by atoms with Gasteiger partial charge in [0.05, 0.1) is 29.5 Å². The third-order valence-electron chi connectivity index (χ3n) is 5.54. The maximum atomic E-state index is 10.2. The number of para-hydroxylation sites is 1. The highest BCUT2D eigenvalue weighted by Gasteiger charge is 2.23. The summed E-state index contributed by atoms with van der Waals surface area (Å²) in [5.41, 5.74) is 1.69. The van der Waals surface area contributed by atoms with Crippen molar-refractivity contribution in [2.24, 2.45) is 0 Å². The van der Waals surface area contributed by atoms with Gasteiger partial charge < -0.3 is 19.9 Å². The fourth-order valence-electron chi connectivity index (χ4n) is 3.97. The molecule has 0 aliphatic heterocycles. The van der Waals surface area contributed by atoms with Gasteiger partial charge in [0.15, 0.2) is 5.13 Å². The molecule has 2 aromatic carbocycles. The third-order valence-corrected chi connectivity index (χ3v) is 6.49. The maximum absolute atomic E-state index is 10.2.